The number of halogens is 1. The first kappa shape index (κ1) is 23.3. The van der Waals surface area contributed by atoms with Crippen molar-refractivity contribution < 1.29 is 19.0 Å². The first-order valence-corrected chi connectivity index (χ1v) is 12.3. The molecule has 3 aromatic carbocycles. The molecule has 0 spiro atoms. The van der Waals surface area contributed by atoms with Gasteiger partial charge < -0.3 is 24.8 Å². The van der Waals surface area contributed by atoms with Crippen LogP contribution in [0, 0.1) is 0 Å². The molecule has 0 amide bonds. The normalized spacial score (nSPS) is 19.0. The van der Waals surface area contributed by atoms with Gasteiger partial charge in [0.1, 0.15) is 5.75 Å². The van der Waals surface area contributed by atoms with Crippen LogP contribution in [0.25, 0.3) is 0 Å². The number of ether oxygens (including phenoxy) is 3. The SMILES string of the molecule is COc1ccc([C@H]2CC(=O)C3=C(C2)Nc2ccccc2N[C@H]3c2cc(Br)ccc2OC)cc1OC. The Morgan fingerprint density at radius 2 is 1.54 bits per heavy atom. The van der Waals surface area contributed by atoms with Crippen molar-refractivity contribution in [2.45, 2.75) is 24.8 Å². The molecule has 35 heavy (non-hydrogen) atoms. The third-order valence-corrected chi connectivity index (χ3v) is 7.18. The van der Waals surface area contributed by atoms with Gasteiger partial charge in [0.25, 0.3) is 0 Å². The van der Waals surface area contributed by atoms with E-state index in [9.17, 15) is 4.79 Å². The zero-order chi connectivity index (χ0) is 24.5. The number of anilines is 2. The molecule has 1 aliphatic heterocycles. The molecule has 2 atom stereocenters. The molecule has 2 aliphatic rings. The number of ketones is 1. The fourth-order valence-electron chi connectivity index (χ4n) is 5.00. The summed E-state index contributed by atoms with van der Waals surface area (Å²) in [6, 6.07) is 19.4. The predicted octanol–water partition coefficient (Wildman–Crippen LogP) is 6.45. The molecule has 0 fully saturated rings. The van der Waals surface area contributed by atoms with Crippen molar-refractivity contribution in [3.05, 3.63) is 87.5 Å². The number of para-hydroxylation sites is 2. The molecule has 180 valence electrons. The van der Waals surface area contributed by atoms with E-state index in [2.05, 4.69) is 26.6 Å². The Kier molecular flexibility index (Phi) is 6.43. The Morgan fingerprint density at radius 3 is 2.29 bits per heavy atom. The minimum Gasteiger partial charge on any atom is -0.496 e. The molecule has 0 saturated carbocycles. The summed E-state index contributed by atoms with van der Waals surface area (Å²) in [6.07, 6.45) is 1.10. The lowest BCUT2D eigenvalue weighted by molar-refractivity contribution is -0.116. The maximum absolute atomic E-state index is 13.8. The highest BCUT2D eigenvalue weighted by atomic mass is 79.9. The van der Waals surface area contributed by atoms with E-state index in [1.54, 1.807) is 21.3 Å². The van der Waals surface area contributed by atoms with Crippen molar-refractivity contribution >= 4 is 33.1 Å². The number of fused-ring (bicyclic) bond motifs is 1. The lowest BCUT2D eigenvalue weighted by Gasteiger charge is -2.30. The molecule has 2 N–H and O–H groups in total. The summed E-state index contributed by atoms with van der Waals surface area (Å²) in [4.78, 5) is 13.8. The van der Waals surface area contributed by atoms with Crippen LogP contribution >= 0.6 is 15.9 Å². The summed E-state index contributed by atoms with van der Waals surface area (Å²) in [7, 11) is 4.90. The van der Waals surface area contributed by atoms with Crippen LogP contribution in [-0.2, 0) is 4.79 Å². The third kappa shape index (κ3) is 4.36. The standard InChI is InChI=1S/C28H27BrN2O4/c1-33-24-11-9-18(29)15-19(24)28-27-22(30-20-6-4-5-7-21(20)31-28)12-17(13-23(27)32)16-8-10-25(34-2)26(14-16)35-3/h4-11,14-15,17,28,30-31H,12-13H2,1-3H3/t17-,28+/m1/s1. The maximum Gasteiger partial charge on any atom is 0.163 e. The highest BCUT2D eigenvalue weighted by molar-refractivity contribution is 9.10. The molecule has 3 aromatic rings. The molecule has 0 unspecified atom stereocenters. The van der Waals surface area contributed by atoms with Crippen molar-refractivity contribution in [2.24, 2.45) is 0 Å². The van der Waals surface area contributed by atoms with Gasteiger partial charge >= 0.3 is 0 Å². The van der Waals surface area contributed by atoms with Gasteiger partial charge in [-0.2, -0.15) is 0 Å². The van der Waals surface area contributed by atoms with Crippen LogP contribution < -0.4 is 24.8 Å². The van der Waals surface area contributed by atoms with Crippen LogP contribution in [0.5, 0.6) is 17.2 Å². The first-order chi connectivity index (χ1) is 17.0. The number of allylic oxidation sites excluding steroid dienone is 1. The molecular formula is C28H27BrN2O4. The number of benzene rings is 3. The number of carbonyl (C=O) groups excluding carboxylic acids is 1. The Morgan fingerprint density at radius 1 is 0.829 bits per heavy atom. The van der Waals surface area contributed by atoms with Crippen LogP contribution in [0.15, 0.2) is 76.4 Å². The molecule has 7 heteroatoms. The fraction of sp³-hybridized carbons (Fsp3) is 0.250. The van der Waals surface area contributed by atoms with Crippen molar-refractivity contribution in [3.8, 4) is 17.2 Å². The average Bonchev–Trinajstić information content (AvgIpc) is 3.05. The highest BCUT2D eigenvalue weighted by Crippen LogP contribution is 2.46. The van der Waals surface area contributed by atoms with Crippen LogP contribution in [0.3, 0.4) is 0 Å². The number of hydrogen-bond acceptors (Lipinski definition) is 6. The third-order valence-electron chi connectivity index (χ3n) is 6.69. The van der Waals surface area contributed by atoms with E-state index in [4.69, 9.17) is 14.2 Å². The Bertz CT molecular complexity index is 1320. The molecule has 0 aromatic heterocycles. The molecule has 6 nitrogen and oxygen atoms in total. The van der Waals surface area contributed by atoms with E-state index in [0.29, 0.717) is 24.3 Å². The predicted molar refractivity (Wildman–Crippen MR) is 141 cm³/mol. The Hall–Kier alpha value is -3.45. The summed E-state index contributed by atoms with van der Waals surface area (Å²) in [5.41, 5.74) is 5.50. The number of carbonyl (C=O) groups is 1. The summed E-state index contributed by atoms with van der Waals surface area (Å²) in [5, 5.41) is 7.20. The minimum atomic E-state index is -0.354. The quantitative estimate of drug-likeness (QED) is 0.391. The summed E-state index contributed by atoms with van der Waals surface area (Å²) < 4.78 is 17.5. The Labute approximate surface area is 213 Å². The van der Waals surface area contributed by atoms with E-state index < -0.39 is 0 Å². The van der Waals surface area contributed by atoms with E-state index >= 15 is 0 Å². The highest BCUT2D eigenvalue weighted by Gasteiger charge is 2.37. The number of Topliss-reactive ketones (excluding diaryl/α,β-unsaturated/α-hetero) is 1. The molecule has 0 radical (unpaired) electrons. The zero-order valence-corrected chi connectivity index (χ0v) is 21.4. The van der Waals surface area contributed by atoms with Gasteiger partial charge in [-0.1, -0.05) is 34.1 Å². The van der Waals surface area contributed by atoms with Gasteiger partial charge in [-0.25, -0.2) is 0 Å². The van der Waals surface area contributed by atoms with Crippen molar-refractivity contribution in [3.63, 3.8) is 0 Å². The van der Waals surface area contributed by atoms with Crippen LogP contribution in [0.1, 0.15) is 35.9 Å². The first-order valence-electron chi connectivity index (χ1n) is 11.5. The molecular weight excluding hydrogens is 508 g/mol. The second kappa shape index (κ2) is 9.66. The molecule has 1 heterocycles. The van der Waals surface area contributed by atoms with Gasteiger partial charge in [0.15, 0.2) is 17.3 Å². The summed E-state index contributed by atoms with van der Waals surface area (Å²) in [6.45, 7) is 0. The number of methoxy groups -OCH3 is 3. The van der Waals surface area contributed by atoms with Crippen LogP contribution in [-0.4, -0.2) is 27.1 Å². The summed E-state index contributed by atoms with van der Waals surface area (Å²) in [5.74, 6) is 2.18. The lowest BCUT2D eigenvalue weighted by atomic mass is 9.78. The lowest BCUT2D eigenvalue weighted by Crippen LogP contribution is -2.27. The number of rotatable bonds is 5. The average molecular weight is 535 g/mol. The van der Waals surface area contributed by atoms with Crippen molar-refractivity contribution in [2.75, 3.05) is 32.0 Å². The van der Waals surface area contributed by atoms with Crippen molar-refractivity contribution in [1.29, 1.82) is 0 Å². The smallest absolute Gasteiger partial charge is 0.163 e. The molecule has 0 saturated heterocycles. The van der Waals surface area contributed by atoms with Gasteiger partial charge in [0.05, 0.1) is 38.7 Å². The van der Waals surface area contributed by atoms with Crippen molar-refractivity contribution in [1.82, 2.24) is 0 Å². The van der Waals surface area contributed by atoms with E-state index in [-0.39, 0.29) is 17.7 Å². The largest absolute Gasteiger partial charge is 0.496 e. The number of nitrogens with one attached hydrogen (secondary N) is 2. The fourth-order valence-corrected chi connectivity index (χ4v) is 5.38. The van der Waals surface area contributed by atoms with Gasteiger partial charge in [-0.3, -0.25) is 4.79 Å². The van der Waals surface area contributed by atoms with Crippen LogP contribution in [0.4, 0.5) is 11.4 Å². The second-order valence-corrected chi connectivity index (χ2v) is 9.58. The van der Waals surface area contributed by atoms with Gasteiger partial charge in [-0.05, 0) is 60.4 Å². The van der Waals surface area contributed by atoms with E-state index in [1.165, 1.54) is 0 Å². The molecule has 0 bridgehead atoms. The topological polar surface area (TPSA) is 68.8 Å². The Balaban J connectivity index is 1.61. The van der Waals surface area contributed by atoms with Gasteiger partial charge in [0, 0.05) is 27.7 Å². The van der Waals surface area contributed by atoms with E-state index in [1.807, 2.05) is 60.7 Å². The number of hydrogen-bond donors (Lipinski definition) is 2. The van der Waals surface area contributed by atoms with Crippen LogP contribution in [0.2, 0.25) is 0 Å². The molecule has 1 aliphatic carbocycles. The zero-order valence-electron chi connectivity index (χ0n) is 19.9. The summed E-state index contributed by atoms with van der Waals surface area (Å²) >= 11 is 3.59. The van der Waals surface area contributed by atoms with E-state index in [0.717, 1.165) is 44.0 Å². The van der Waals surface area contributed by atoms with Gasteiger partial charge in [-0.15, -0.1) is 0 Å². The maximum atomic E-state index is 13.8. The van der Waals surface area contributed by atoms with Gasteiger partial charge in [0.2, 0.25) is 0 Å². The minimum absolute atomic E-state index is 0.0175. The molecule has 5 rings (SSSR count). The second-order valence-electron chi connectivity index (χ2n) is 8.67. The monoisotopic (exact) mass is 534 g/mol.